The first-order valence-electron chi connectivity index (χ1n) is 36.8. The Kier molecular flexibility index (Phi) is 39.2. The van der Waals surface area contributed by atoms with Crippen molar-refractivity contribution in [3.8, 4) is 0 Å². The first-order chi connectivity index (χ1) is 54.4. The molecule has 0 bridgehead atoms. The summed E-state index contributed by atoms with van der Waals surface area (Å²) in [5, 5.41) is 78.7. The van der Waals surface area contributed by atoms with Gasteiger partial charge in [0.2, 0.25) is 82.7 Å². The molecule has 630 valence electrons. The fourth-order valence-electron chi connectivity index (χ4n) is 11.7. The maximum atomic E-state index is 14.8. The highest BCUT2D eigenvalue weighted by atomic mass is 16.5. The number of nitrogens with two attached hydrogens (primary N) is 3. The van der Waals surface area contributed by atoms with Gasteiger partial charge in [0.25, 0.3) is 0 Å². The predicted molar refractivity (Wildman–Crippen MR) is 400 cm³/mol. The van der Waals surface area contributed by atoms with Crippen LogP contribution in [0.3, 0.4) is 0 Å². The Balaban J connectivity index is 1.87. The summed E-state index contributed by atoms with van der Waals surface area (Å²) >= 11 is 0. The highest BCUT2D eigenvalue weighted by Gasteiger charge is 2.41. The highest BCUT2D eigenvalue weighted by Crippen LogP contribution is 2.22. The fraction of sp³-hybridized carbons (Fsp3) is 0.528. The molecular formula is C72H101N17O26. The molecule has 0 aliphatic carbocycles. The van der Waals surface area contributed by atoms with Gasteiger partial charge < -0.3 is 122 Å². The number of Topliss-reactive ketones (excluding diaryl/α,β-unsaturated/α-hetero) is 1. The molecule has 13 atom stereocenters. The van der Waals surface area contributed by atoms with E-state index in [1.54, 1.807) is 30.5 Å². The second kappa shape index (κ2) is 47.6. The highest BCUT2D eigenvalue weighted by molar-refractivity contribution is 6.05. The number of esters is 1. The van der Waals surface area contributed by atoms with Gasteiger partial charge in [-0.1, -0.05) is 82.7 Å². The monoisotopic (exact) mass is 1620 g/mol. The Labute approximate surface area is 657 Å². The molecule has 14 amide bonds. The minimum absolute atomic E-state index is 0.0186. The fourth-order valence-corrected chi connectivity index (χ4v) is 11.7. The van der Waals surface area contributed by atoms with E-state index in [1.807, 2.05) is 16.0 Å². The number of rotatable bonds is 35. The minimum atomic E-state index is -2.45. The maximum Gasteiger partial charge on any atom is 0.329 e. The number of aromatic nitrogens is 1. The standard InChI is InChI=1S/C72H101N17O26/c1-5-6-7-8-9-10-11-22-53(93)81-44(25-38-31-76-42-20-15-13-17-39(38)42)66(108)84-45(27-52(75)92)67(109)86-48(30-59(102)103)68(110)89-61-37(4)115-72(114)49(26-51(91)40-18-12-14-19-41(40)74)87-71(113)60(35(2)24-56(96)97)88-69(111)50(34-90)82-55(95)32-77-63(105)46(28-57(98)99)83-62(104)36(3)79-65(107)47(29-58(100)101)85-64(106)43(21-16-23-73)80-54(94)33-78-70(61)112/h12-15,17-20,31,35-37,43-50,60-61,76,90H,5-11,16,21-30,32-34,73-74H2,1-4H3,(H2,75,92)(H,77,105)(H,78,112)(H,79,107)(H,80,94)(H,81,93)(H,82,95)(H,83,104)(H,84,108)(H,85,106)(H,86,109)(H,87,113)(H,88,111)(H,89,110)(H,96,97)(H,98,99)(H,100,101)(H,102,103)/t35-,36-,37+,43-,44-,45-,46-,47-,48-,49-,50+,60-,61-/m0/s1. The van der Waals surface area contributed by atoms with Crippen LogP contribution in [0.5, 0.6) is 0 Å². The molecule has 1 aliphatic heterocycles. The van der Waals surface area contributed by atoms with Gasteiger partial charge in [0.05, 0.1) is 51.8 Å². The second-order valence-electron chi connectivity index (χ2n) is 27.2. The van der Waals surface area contributed by atoms with Gasteiger partial charge in [-0.2, -0.15) is 0 Å². The minimum Gasteiger partial charge on any atom is -0.481 e. The molecule has 1 fully saturated rings. The van der Waals surface area contributed by atoms with Crippen molar-refractivity contribution in [1.82, 2.24) is 74.1 Å². The number of ketones is 1. The van der Waals surface area contributed by atoms with Crippen LogP contribution >= 0.6 is 0 Å². The summed E-state index contributed by atoms with van der Waals surface area (Å²) in [7, 11) is 0. The van der Waals surface area contributed by atoms with E-state index >= 15 is 0 Å². The molecule has 43 nitrogen and oxygen atoms in total. The van der Waals surface area contributed by atoms with E-state index in [1.165, 1.54) is 24.3 Å². The number of aromatic amines is 1. The van der Waals surface area contributed by atoms with E-state index in [0.717, 1.165) is 52.9 Å². The lowest BCUT2D eigenvalue weighted by atomic mass is 9.96. The molecule has 0 saturated carbocycles. The number of ether oxygens (including phenoxy) is 1. The molecule has 1 aliphatic rings. The number of H-pyrrole nitrogens is 1. The number of hydrogen-bond donors (Lipinski definition) is 22. The smallest absolute Gasteiger partial charge is 0.329 e. The van der Waals surface area contributed by atoms with Crippen molar-refractivity contribution >= 4 is 135 Å². The number of aliphatic hydroxyl groups excluding tert-OH is 1. The number of aliphatic carboxylic acids is 4. The Morgan fingerprint density at radius 2 is 1.09 bits per heavy atom. The molecule has 0 unspecified atom stereocenters. The molecular weight excluding hydrogens is 1520 g/mol. The quantitative estimate of drug-likeness (QED) is 0.0113. The van der Waals surface area contributed by atoms with Gasteiger partial charge in [-0.05, 0) is 69.3 Å². The summed E-state index contributed by atoms with van der Waals surface area (Å²) in [6, 6.07) is -10.5. The number of unbranched alkanes of at least 4 members (excludes halogenated alkanes) is 6. The van der Waals surface area contributed by atoms with Crippen LogP contribution in [0.15, 0.2) is 54.7 Å². The molecule has 2 heterocycles. The van der Waals surface area contributed by atoms with Gasteiger partial charge in [0, 0.05) is 47.6 Å². The number of para-hydroxylation sites is 2. The molecule has 3 aromatic rings. The third-order valence-corrected chi connectivity index (χ3v) is 17.9. The Morgan fingerprint density at radius 3 is 1.69 bits per heavy atom. The summed E-state index contributed by atoms with van der Waals surface area (Å²) in [5.41, 5.74) is 18.1. The van der Waals surface area contributed by atoms with E-state index in [0.29, 0.717) is 29.3 Å². The number of carboxylic acid groups (broad SMARTS) is 4. The van der Waals surface area contributed by atoms with Crippen molar-refractivity contribution < 1.29 is 126 Å². The van der Waals surface area contributed by atoms with E-state index in [4.69, 9.17) is 21.9 Å². The van der Waals surface area contributed by atoms with Crippen LogP contribution < -0.4 is 86.3 Å². The molecule has 4 rings (SSSR count). The van der Waals surface area contributed by atoms with E-state index in [9.17, 15) is 121 Å². The molecule has 0 spiro atoms. The number of benzene rings is 2. The van der Waals surface area contributed by atoms with Crippen molar-refractivity contribution in [3.05, 3.63) is 65.9 Å². The van der Waals surface area contributed by atoms with Gasteiger partial charge in [-0.15, -0.1) is 0 Å². The SMILES string of the molecule is CCCCCCCCCC(=O)N[C@@H](Cc1c[nH]c2ccccc12)C(=O)N[C@@H](CC(N)=O)C(=O)N[C@@H](CC(=O)O)C(=O)N[C@@H]1C(=O)NCC(=O)N[C@@H](CCCN)C(=O)N[C@@H](CC(=O)O)C(=O)N[C@@H](C)C(=O)N[C@@H](CC(=O)O)C(=O)NCC(=O)N[C@H](CO)C(=O)N[C@@H]([C@@H](C)CC(=O)O)C(=O)N[C@@H](CC(=O)c2ccccc2N)C(=O)O[C@@H]1C. The van der Waals surface area contributed by atoms with Crippen LogP contribution in [0.4, 0.5) is 5.69 Å². The topological polar surface area (TPSA) is 702 Å². The summed E-state index contributed by atoms with van der Waals surface area (Å²) in [6.45, 7) is 1.11. The number of nitrogen functional groups attached to an aromatic ring is 1. The van der Waals surface area contributed by atoms with Crippen LogP contribution in [0.1, 0.15) is 146 Å². The van der Waals surface area contributed by atoms with Gasteiger partial charge in [-0.25, -0.2) is 4.79 Å². The van der Waals surface area contributed by atoms with E-state index in [2.05, 4.69) is 65.1 Å². The van der Waals surface area contributed by atoms with Crippen LogP contribution in [0.25, 0.3) is 10.9 Å². The van der Waals surface area contributed by atoms with Gasteiger partial charge in [0.15, 0.2) is 5.78 Å². The van der Waals surface area contributed by atoms with Crippen molar-refractivity contribution in [3.63, 3.8) is 0 Å². The maximum absolute atomic E-state index is 14.8. The van der Waals surface area contributed by atoms with Crippen molar-refractivity contribution in [2.24, 2.45) is 17.4 Å². The lowest BCUT2D eigenvalue weighted by molar-refractivity contribution is -0.156. The Bertz CT molecular complexity index is 4040. The number of amides is 14. The normalized spacial score (nSPS) is 21.2. The van der Waals surface area contributed by atoms with Gasteiger partial charge in [-0.3, -0.25) is 91.1 Å². The number of carboxylic acids is 4. The number of aliphatic hydroxyl groups is 1. The van der Waals surface area contributed by atoms with Gasteiger partial charge in [0.1, 0.15) is 72.6 Å². The zero-order valence-corrected chi connectivity index (χ0v) is 63.6. The Hall–Kier alpha value is -12.7. The first-order valence-corrected chi connectivity index (χ1v) is 36.8. The van der Waals surface area contributed by atoms with Crippen molar-refractivity contribution in [2.45, 2.75) is 209 Å². The first kappa shape index (κ1) is 94.7. The summed E-state index contributed by atoms with van der Waals surface area (Å²) in [4.78, 5) is 276. The van der Waals surface area contributed by atoms with Crippen molar-refractivity contribution in [1.29, 1.82) is 0 Å². The average molecular weight is 1620 g/mol. The molecule has 0 radical (unpaired) electrons. The predicted octanol–water partition coefficient (Wildman–Crippen LogP) is -5.62. The summed E-state index contributed by atoms with van der Waals surface area (Å²) in [5.74, 6) is -29.7. The number of cyclic esters (lactones) is 1. The number of hydrogen-bond acceptors (Lipinski definition) is 24. The molecule has 1 aromatic heterocycles. The van der Waals surface area contributed by atoms with Crippen LogP contribution in [-0.4, -0.2) is 248 Å². The summed E-state index contributed by atoms with van der Waals surface area (Å²) < 4.78 is 5.68. The van der Waals surface area contributed by atoms with Crippen LogP contribution in [0, 0.1) is 5.92 Å². The summed E-state index contributed by atoms with van der Waals surface area (Å²) in [6.07, 6.45) is -2.33. The van der Waals surface area contributed by atoms with E-state index < -0.39 is 261 Å². The number of fused-ring (bicyclic) bond motifs is 1. The molecule has 115 heavy (non-hydrogen) atoms. The zero-order valence-electron chi connectivity index (χ0n) is 63.6. The number of carbonyl (C=O) groups is 20. The van der Waals surface area contributed by atoms with Crippen LogP contribution in [0.2, 0.25) is 0 Å². The largest absolute Gasteiger partial charge is 0.481 e. The Morgan fingerprint density at radius 1 is 0.548 bits per heavy atom. The van der Waals surface area contributed by atoms with Crippen molar-refractivity contribution in [2.75, 3.05) is 32.0 Å². The molecule has 43 heteroatoms. The third-order valence-electron chi connectivity index (χ3n) is 17.9. The van der Waals surface area contributed by atoms with Gasteiger partial charge >= 0.3 is 29.8 Å². The second-order valence-corrected chi connectivity index (χ2v) is 27.2. The number of nitrogens with one attached hydrogen (secondary N) is 14. The molecule has 2 aromatic carbocycles. The van der Waals surface area contributed by atoms with Crippen LogP contribution in [-0.2, 0) is 102 Å². The number of carbonyl (C=O) groups excluding carboxylic acids is 16. The number of anilines is 1. The lowest BCUT2D eigenvalue weighted by Gasteiger charge is -2.30. The van der Waals surface area contributed by atoms with E-state index in [-0.39, 0.29) is 37.1 Å². The lowest BCUT2D eigenvalue weighted by Crippen LogP contribution is -2.62. The molecule has 1 saturated heterocycles. The third kappa shape index (κ3) is 32.5. The molecule has 25 N–H and O–H groups in total. The zero-order chi connectivity index (χ0) is 85.8. The average Bonchev–Trinajstić information content (AvgIpc) is 1.72. The number of primary amides is 1.